The van der Waals surface area contributed by atoms with E-state index in [0.29, 0.717) is 23.7 Å². The van der Waals surface area contributed by atoms with E-state index < -0.39 is 0 Å². The van der Waals surface area contributed by atoms with E-state index in [9.17, 15) is 4.79 Å². The summed E-state index contributed by atoms with van der Waals surface area (Å²) >= 11 is 1.36. The van der Waals surface area contributed by atoms with Gasteiger partial charge in [0.1, 0.15) is 17.4 Å². The maximum absolute atomic E-state index is 12.1. The summed E-state index contributed by atoms with van der Waals surface area (Å²) < 4.78 is 0. The van der Waals surface area contributed by atoms with E-state index in [-0.39, 0.29) is 5.91 Å². The molecule has 0 bridgehead atoms. The van der Waals surface area contributed by atoms with Crippen molar-refractivity contribution in [1.29, 1.82) is 5.26 Å². The van der Waals surface area contributed by atoms with Crippen LogP contribution in [0, 0.1) is 11.3 Å². The summed E-state index contributed by atoms with van der Waals surface area (Å²) in [6.07, 6.45) is 4.23. The van der Waals surface area contributed by atoms with Gasteiger partial charge in [0.15, 0.2) is 0 Å². The molecular weight excluding hydrogens is 286 g/mol. The van der Waals surface area contributed by atoms with Crippen LogP contribution in [0.4, 0.5) is 5.00 Å². The zero-order chi connectivity index (χ0) is 14.7. The largest absolute Gasteiger partial charge is 0.315 e. The number of fused-ring (bicyclic) bond motifs is 1. The van der Waals surface area contributed by atoms with Gasteiger partial charge in [-0.05, 0) is 23.4 Å². The smallest absolute Gasteiger partial charge is 0.239 e. The summed E-state index contributed by atoms with van der Waals surface area (Å²) in [4.78, 5) is 22.4. The Morgan fingerprint density at radius 3 is 3.33 bits per heavy atom. The van der Waals surface area contributed by atoms with Crippen molar-refractivity contribution < 1.29 is 4.79 Å². The zero-order valence-electron chi connectivity index (χ0n) is 11.2. The van der Waals surface area contributed by atoms with Gasteiger partial charge in [-0.3, -0.25) is 9.69 Å². The minimum atomic E-state index is -0.105. The number of nitriles is 1. The molecule has 0 unspecified atom stereocenters. The first kappa shape index (κ1) is 13.7. The molecule has 3 heterocycles. The summed E-state index contributed by atoms with van der Waals surface area (Å²) in [6.45, 7) is 1.76. The first-order valence-electron chi connectivity index (χ1n) is 6.54. The van der Waals surface area contributed by atoms with Gasteiger partial charge in [0.05, 0.1) is 17.8 Å². The average molecular weight is 299 g/mol. The summed E-state index contributed by atoms with van der Waals surface area (Å²) in [5, 5.41) is 14.1. The van der Waals surface area contributed by atoms with Gasteiger partial charge >= 0.3 is 0 Å². The average Bonchev–Trinajstić information content (AvgIpc) is 2.94. The summed E-state index contributed by atoms with van der Waals surface area (Å²) in [5.74, 6) is -0.105. The number of hydrogen-bond donors (Lipinski definition) is 1. The number of carbonyl (C=O) groups is 1. The van der Waals surface area contributed by atoms with E-state index in [1.54, 1.807) is 11.4 Å². The number of hydrogen-bond acceptors (Lipinski definition) is 6. The predicted octanol–water partition coefficient (Wildman–Crippen LogP) is 1.41. The number of aromatic nitrogens is 2. The molecule has 1 amide bonds. The second-order valence-corrected chi connectivity index (χ2v) is 5.69. The Bertz CT molecular complexity index is 705. The van der Waals surface area contributed by atoms with Gasteiger partial charge in [0.25, 0.3) is 0 Å². The van der Waals surface area contributed by atoms with Crippen LogP contribution in [0.25, 0.3) is 0 Å². The molecule has 0 radical (unpaired) electrons. The van der Waals surface area contributed by atoms with Crippen LogP contribution in [0.3, 0.4) is 0 Å². The molecule has 2 aromatic rings. The van der Waals surface area contributed by atoms with Crippen molar-refractivity contribution in [2.75, 3.05) is 18.4 Å². The number of nitrogens with zero attached hydrogens (tertiary/aromatic N) is 4. The molecule has 1 N–H and O–H groups in total. The molecule has 2 aromatic heterocycles. The molecule has 0 atom stereocenters. The van der Waals surface area contributed by atoms with E-state index in [2.05, 4.69) is 21.4 Å². The maximum Gasteiger partial charge on any atom is 0.239 e. The van der Waals surface area contributed by atoms with Crippen molar-refractivity contribution in [2.24, 2.45) is 0 Å². The Hall–Kier alpha value is -2.30. The fraction of sp³-hybridized carbons (Fsp3) is 0.286. The number of amides is 1. The van der Waals surface area contributed by atoms with Crippen LogP contribution < -0.4 is 5.32 Å². The van der Waals surface area contributed by atoms with Crippen LogP contribution in [0.2, 0.25) is 0 Å². The molecule has 21 heavy (non-hydrogen) atoms. The van der Waals surface area contributed by atoms with Gasteiger partial charge in [0.2, 0.25) is 5.91 Å². The minimum absolute atomic E-state index is 0.105. The number of rotatable bonds is 3. The fourth-order valence-electron chi connectivity index (χ4n) is 2.30. The van der Waals surface area contributed by atoms with E-state index in [1.165, 1.54) is 17.7 Å². The highest BCUT2D eigenvalue weighted by molar-refractivity contribution is 7.14. The second-order valence-electron chi connectivity index (χ2n) is 4.78. The highest BCUT2D eigenvalue weighted by atomic mass is 32.1. The molecule has 1 aliphatic heterocycles. The topological polar surface area (TPSA) is 81.9 Å². The lowest BCUT2D eigenvalue weighted by Crippen LogP contribution is -2.37. The van der Waals surface area contributed by atoms with Crippen LogP contribution >= 0.6 is 11.3 Å². The van der Waals surface area contributed by atoms with E-state index in [4.69, 9.17) is 5.26 Å². The first-order chi connectivity index (χ1) is 10.3. The summed E-state index contributed by atoms with van der Waals surface area (Å²) in [6, 6.07) is 3.77. The Morgan fingerprint density at radius 1 is 1.57 bits per heavy atom. The Labute approximate surface area is 126 Å². The third-order valence-electron chi connectivity index (χ3n) is 3.36. The van der Waals surface area contributed by atoms with Crippen LogP contribution in [0.5, 0.6) is 0 Å². The third kappa shape index (κ3) is 3.07. The summed E-state index contributed by atoms with van der Waals surface area (Å²) in [5.41, 5.74) is 2.64. The molecule has 106 valence electrons. The molecule has 0 spiro atoms. The molecule has 0 aromatic carbocycles. The number of thiophene rings is 1. The van der Waals surface area contributed by atoms with Crippen molar-refractivity contribution in [2.45, 2.75) is 13.0 Å². The van der Waals surface area contributed by atoms with Gasteiger partial charge in [-0.25, -0.2) is 9.97 Å². The molecule has 1 aliphatic rings. The van der Waals surface area contributed by atoms with Crippen molar-refractivity contribution in [3.63, 3.8) is 0 Å². The highest BCUT2D eigenvalue weighted by Gasteiger charge is 2.20. The fourth-order valence-corrected chi connectivity index (χ4v) is 3.06. The van der Waals surface area contributed by atoms with Gasteiger partial charge in [-0.2, -0.15) is 5.26 Å². The monoisotopic (exact) mass is 299 g/mol. The number of nitrogens with one attached hydrogen (secondary N) is 1. The lowest BCUT2D eigenvalue weighted by molar-refractivity contribution is -0.117. The molecular formula is C14H13N5OS. The van der Waals surface area contributed by atoms with Crippen LogP contribution in [0.15, 0.2) is 24.0 Å². The van der Waals surface area contributed by atoms with E-state index in [0.717, 1.165) is 24.2 Å². The van der Waals surface area contributed by atoms with Gasteiger partial charge in [-0.15, -0.1) is 11.3 Å². The van der Waals surface area contributed by atoms with Crippen molar-refractivity contribution >= 4 is 22.2 Å². The van der Waals surface area contributed by atoms with Crippen LogP contribution in [0.1, 0.15) is 16.8 Å². The summed E-state index contributed by atoms with van der Waals surface area (Å²) in [7, 11) is 0. The highest BCUT2D eigenvalue weighted by Crippen LogP contribution is 2.22. The number of carbonyl (C=O) groups excluding carboxylic acids is 1. The van der Waals surface area contributed by atoms with Crippen molar-refractivity contribution in [3.8, 4) is 6.07 Å². The zero-order valence-corrected chi connectivity index (χ0v) is 12.1. The molecule has 7 heteroatoms. The lowest BCUT2D eigenvalue weighted by atomic mass is 10.1. The molecule has 0 saturated carbocycles. The van der Waals surface area contributed by atoms with Gasteiger partial charge in [-0.1, -0.05) is 0 Å². The molecule has 0 aliphatic carbocycles. The quantitative estimate of drug-likeness (QED) is 0.926. The standard InChI is InChI=1S/C14H13N5OS/c15-5-10-2-4-21-14(10)18-13(20)8-19-3-1-11-6-16-9-17-12(11)7-19/h2,4,6,9H,1,3,7-8H2,(H,18,20). The molecule has 0 fully saturated rings. The van der Waals surface area contributed by atoms with Crippen LogP contribution in [-0.2, 0) is 17.8 Å². The van der Waals surface area contributed by atoms with E-state index >= 15 is 0 Å². The van der Waals surface area contributed by atoms with E-state index in [1.807, 2.05) is 11.1 Å². The Balaban J connectivity index is 1.61. The van der Waals surface area contributed by atoms with Crippen molar-refractivity contribution in [3.05, 3.63) is 40.8 Å². The van der Waals surface area contributed by atoms with Crippen LogP contribution in [-0.4, -0.2) is 33.9 Å². The SMILES string of the molecule is N#Cc1ccsc1NC(=O)CN1CCc2cncnc2C1. The predicted molar refractivity (Wildman–Crippen MR) is 78.7 cm³/mol. The molecule has 0 saturated heterocycles. The maximum atomic E-state index is 12.1. The minimum Gasteiger partial charge on any atom is -0.315 e. The second kappa shape index (κ2) is 5.99. The van der Waals surface area contributed by atoms with Gasteiger partial charge < -0.3 is 5.32 Å². The molecule has 6 nitrogen and oxygen atoms in total. The van der Waals surface area contributed by atoms with Crippen molar-refractivity contribution in [1.82, 2.24) is 14.9 Å². The van der Waals surface area contributed by atoms with Gasteiger partial charge in [0, 0.05) is 19.3 Å². The Kier molecular flexibility index (Phi) is 3.90. The Morgan fingerprint density at radius 2 is 2.48 bits per heavy atom. The molecule has 3 rings (SSSR count). The number of anilines is 1. The lowest BCUT2D eigenvalue weighted by Gasteiger charge is -2.26. The normalized spacial score (nSPS) is 14.2. The third-order valence-corrected chi connectivity index (χ3v) is 4.19. The first-order valence-corrected chi connectivity index (χ1v) is 7.42.